The highest BCUT2D eigenvalue weighted by Gasteiger charge is 2.19. The van der Waals surface area contributed by atoms with Crippen LogP contribution in [0.2, 0.25) is 0 Å². The van der Waals surface area contributed by atoms with Gasteiger partial charge >= 0.3 is 11.8 Å². The average Bonchev–Trinajstić information content (AvgIpc) is 2.47. The van der Waals surface area contributed by atoms with Crippen molar-refractivity contribution < 1.29 is 24.3 Å². The topological polar surface area (TPSA) is 98.9 Å². The molecule has 2 rings (SSSR count). The van der Waals surface area contributed by atoms with Crippen molar-refractivity contribution in [2.75, 3.05) is 7.11 Å². The number of nitro benzene ring substituents is 1. The number of nitro groups is 1. The molecule has 0 unspecified atom stereocenters. The quantitative estimate of drug-likeness (QED) is 0.401. The van der Waals surface area contributed by atoms with Crippen LogP contribution >= 0.6 is 0 Å². The highest BCUT2D eigenvalue weighted by molar-refractivity contribution is 5.71. The molecule has 21 heavy (non-hydrogen) atoms. The number of rotatable bonds is 4. The van der Waals surface area contributed by atoms with Gasteiger partial charge in [-0.1, -0.05) is 18.2 Å². The monoisotopic (exact) mass is 289 g/mol. The Labute approximate surface area is 119 Å². The van der Waals surface area contributed by atoms with Gasteiger partial charge in [-0.25, -0.2) is 4.79 Å². The van der Waals surface area contributed by atoms with Gasteiger partial charge in [0.2, 0.25) is 5.75 Å². The number of benzene rings is 2. The number of carboxylic acid groups (broad SMARTS) is 1. The lowest BCUT2D eigenvalue weighted by atomic mass is 10.0. The maximum absolute atomic E-state index is 11.0. The van der Waals surface area contributed by atoms with Gasteiger partial charge in [0.05, 0.1) is 12.0 Å². The summed E-state index contributed by atoms with van der Waals surface area (Å²) in [5, 5.41) is 19.6. The van der Waals surface area contributed by atoms with Crippen molar-refractivity contribution in [1.29, 1.82) is 0 Å². The van der Waals surface area contributed by atoms with Crippen molar-refractivity contribution >= 4 is 11.8 Å². The van der Waals surface area contributed by atoms with Crippen LogP contribution in [-0.2, 0) is 0 Å². The van der Waals surface area contributed by atoms with E-state index in [1.807, 2.05) is 0 Å². The molecule has 0 saturated carbocycles. The van der Waals surface area contributed by atoms with Crippen molar-refractivity contribution in [3.05, 3.63) is 52.6 Å². The van der Waals surface area contributed by atoms with E-state index >= 15 is 0 Å². The molecule has 0 aromatic heterocycles. The Morgan fingerprint density at radius 2 is 1.76 bits per heavy atom. The van der Waals surface area contributed by atoms with Crippen LogP contribution in [0.25, 0.3) is 11.1 Å². The molecule has 0 heterocycles. The summed E-state index contributed by atoms with van der Waals surface area (Å²) in [6.45, 7) is 0. The molecule has 7 nitrogen and oxygen atoms in total. The molecule has 0 aliphatic rings. The molecule has 0 fully saturated rings. The van der Waals surface area contributed by atoms with E-state index in [9.17, 15) is 14.9 Å². The van der Waals surface area contributed by atoms with E-state index in [4.69, 9.17) is 9.84 Å². The summed E-state index contributed by atoms with van der Waals surface area (Å²) >= 11 is 0. The van der Waals surface area contributed by atoms with Crippen LogP contribution in [0.4, 0.5) is 10.5 Å². The van der Waals surface area contributed by atoms with Gasteiger partial charge in [0, 0.05) is 6.07 Å². The van der Waals surface area contributed by atoms with Gasteiger partial charge in [0.1, 0.15) is 5.75 Å². The predicted octanol–water partition coefficient (Wildman–Crippen LogP) is 3.33. The maximum atomic E-state index is 11.0. The average molecular weight is 289 g/mol. The fraction of sp³-hybridized carbons (Fsp3) is 0.0714. The summed E-state index contributed by atoms with van der Waals surface area (Å²) in [5.74, 6) is 0.351. The zero-order valence-electron chi connectivity index (χ0n) is 11.0. The molecule has 108 valence electrons. The van der Waals surface area contributed by atoms with Crippen molar-refractivity contribution in [3.63, 3.8) is 0 Å². The minimum absolute atomic E-state index is 0.315. The zero-order chi connectivity index (χ0) is 15.4. The van der Waals surface area contributed by atoms with E-state index in [0.29, 0.717) is 11.3 Å². The van der Waals surface area contributed by atoms with Crippen LogP contribution in [0.5, 0.6) is 11.5 Å². The third-order valence-electron chi connectivity index (χ3n) is 2.78. The summed E-state index contributed by atoms with van der Waals surface area (Å²) in [5.41, 5.74) is 0.897. The van der Waals surface area contributed by atoms with Gasteiger partial charge in [-0.2, -0.15) is 0 Å². The summed E-state index contributed by atoms with van der Waals surface area (Å²) in [7, 11) is 1.54. The summed E-state index contributed by atoms with van der Waals surface area (Å²) in [6.07, 6.45) is -1.60. The smallest absolute Gasteiger partial charge is 0.497 e. The van der Waals surface area contributed by atoms with Crippen LogP contribution < -0.4 is 9.47 Å². The molecule has 1 N–H and O–H groups in total. The van der Waals surface area contributed by atoms with E-state index < -0.39 is 16.8 Å². The Hall–Kier alpha value is -3.09. The number of nitrogens with zero attached hydrogens (tertiary/aromatic N) is 1. The van der Waals surface area contributed by atoms with Gasteiger partial charge in [-0.15, -0.1) is 0 Å². The maximum Gasteiger partial charge on any atom is 0.511 e. The molecule has 0 bridgehead atoms. The van der Waals surface area contributed by atoms with Crippen LogP contribution in [0.15, 0.2) is 42.5 Å². The molecule has 0 aliphatic carbocycles. The number of carbonyl (C=O) groups is 1. The van der Waals surface area contributed by atoms with Gasteiger partial charge in [-0.3, -0.25) is 10.1 Å². The second kappa shape index (κ2) is 5.91. The van der Waals surface area contributed by atoms with Crippen molar-refractivity contribution in [3.8, 4) is 22.6 Å². The molecule has 0 atom stereocenters. The van der Waals surface area contributed by atoms with Crippen LogP contribution in [0.3, 0.4) is 0 Å². The molecule has 7 heteroatoms. The molecule has 0 saturated heterocycles. The Bertz CT molecular complexity index is 680. The fourth-order valence-electron chi connectivity index (χ4n) is 1.80. The van der Waals surface area contributed by atoms with Crippen LogP contribution in [-0.4, -0.2) is 23.3 Å². The molecule has 0 aliphatic heterocycles. The SMILES string of the molecule is COc1ccc(-c2ccc(OC(=O)O)c([N+](=O)[O-])c2)cc1. The lowest BCUT2D eigenvalue weighted by Crippen LogP contribution is -2.05. The van der Waals surface area contributed by atoms with E-state index in [1.54, 1.807) is 30.3 Å². The Balaban J connectivity index is 2.43. The third kappa shape index (κ3) is 3.27. The Morgan fingerprint density at radius 1 is 1.14 bits per heavy atom. The highest BCUT2D eigenvalue weighted by Crippen LogP contribution is 2.33. The lowest BCUT2D eigenvalue weighted by Gasteiger charge is -2.06. The predicted molar refractivity (Wildman–Crippen MR) is 73.7 cm³/mol. The summed E-state index contributed by atoms with van der Waals surface area (Å²) < 4.78 is 9.43. The number of hydrogen-bond donors (Lipinski definition) is 1. The first-order valence-electron chi connectivity index (χ1n) is 5.85. The Morgan fingerprint density at radius 3 is 2.29 bits per heavy atom. The molecular formula is C14H11NO6. The first-order valence-corrected chi connectivity index (χ1v) is 5.85. The first kappa shape index (κ1) is 14.3. The van der Waals surface area contributed by atoms with Crippen LogP contribution in [0.1, 0.15) is 0 Å². The summed E-state index contributed by atoms with van der Waals surface area (Å²) in [4.78, 5) is 20.8. The molecular weight excluding hydrogens is 278 g/mol. The van der Waals surface area contributed by atoms with Crippen LogP contribution in [0, 0.1) is 10.1 Å². The van der Waals surface area contributed by atoms with Gasteiger partial charge < -0.3 is 14.6 Å². The lowest BCUT2D eigenvalue weighted by molar-refractivity contribution is -0.385. The largest absolute Gasteiger partial charge is 0.511 e. The standard InChI is InChI=1S/C14H11NO6/c1-20-11-5-2-9(3-6-11)10-4-7-13(21-14(16)17)12(8-10)15(18)19/h2-8H,1H3,(H,16,17). The molecule has 0 radical (unpaired) electrons. The second-order valence-electron chi connectivity index (χ2n) is 4.04. The van der Waals surface area contributed by atoms with E-state index in [2.05, 4.69) is 4.74 Å². The van der Waals surface area contributed by atoms with Gasteiger partial charge in [0.15, 0.2) is 0 Å². The minimum atomic E-state index is -1.60. The first-order chi connectivity index (χ1) is 10.0. The third-order valence-corrected chi connectivity index (χ3v) is 2.78. The van der Waals surface area contributed by atoms with Crippen molar-refractivity contribution in [1.82, 2.24) is 0 Å². The van der Waals surface area contributed by atoms with E-state index in [-0.39, 0.29) is 5.75 Å². The van der Waals surface area contributed by atoms with Gasteiger partial charge in [-0.05, 0) is 29.3 Å². The highest BCUT2D eigenvalue weighted by atomic mass is 16.7. The zero-order valence-corrected chi connectivity index (χ0v) is 11.0. The minimum Gasteiger partial charge on any atom is -0.497 e. The normalized spacial score (nSPS) is 9.95. The molecule has 0 amide bonds. The molecule has 2 aromatic rings. The number of methoxy groups -OCH3 is 1. The van der Waals surface area contributed by atoms with E-state index in [1.165, 1.54) is 19.2 Å². The summed E-state index contributed by atoms with van der Waals surface area (Å²) in [6, 6.07) is 11.0. The van der Waals surface area contributed by atoms with Crippen molar-refractivity contribution in [2.45, 2.75) is 0 Å². The second-order valence-corrected chi connectivity index (χ2v) is 4.04. The fourth-order valence-corrected chi connectivity index (χ4v) is 1.80. The number of hydrogen-bond acceptors (Lipinski definition) is 5. The van der Waals surface area contributed by atoms with Gasteiger partial charge in [0.25, 0.3) is 0 Å². The van der Waals surface area contributed by atoms with Crippen molar-refractivity contribution in [2.24, 2.45) is 0 Å². The Kier molecular flexibility index (Phi) is 4.03. The van der Waals surface area contributed by atoms with E-state index in [0.717, 1.165) is 5.56 Å². The molecule has 2 aromatic carbocycles. The number of ether oxygens (including phenoxy) is 2. The molecule has 0 spiro atoms.